The SMILES string of the molecule is CCCCn1cc(-c2cc(C)c(C(C)(C)C)c(CO)c2)c(C)c(C)c1=O.CCCCn1cc(-c2cc(C)c(C(C)(C)C)cc2CO)c(C)c(C)c1=O.CCCCn1cc(-c2ccc(C(C)(C)C)c(C)c2)c(C)c(C)c1=O.CCCCn1cc(-c2ccc(C(C)(C)C)c(Cl)c2)c2ccccc2c1=O.CCCCn1cc(-c2ccc(C(C)(C)C)cc2)c2ccccc2c1=O. The van der Waals surface area contributed by atoms with Crippen molar-refractivity contribution in [2.75, 3.05) is 0 Å². The van der Waals surface area contributed by atoms with E-state index in [1.807, 2.05) is 143 Å². The normalized spacial score (nSPS) is 11.8. The molecule has 0 amide bonds. The molecule has 12 nitrogen and oxygen atoms in total. The number of nitrogens with zero attached hydrogens (tertiary/aromatic N) is 5. The molecular weight excluding hydrogens is 1590 g/mol. The predicted molar refractivity (Wildman–Crippen MR) is 543 cm³/mol. The van der Waals surface area contributed by atoms with Crippen molar-refractivity contribution >= 4 is 33.1 Å². The van der Waals surface area contributed by atoms with E-state index in [2.05, 4.69) is 245 Å². The van der Waals surface area contributed by atoms with Gasteiger partial charge in [-0.2, -0.15) is 0 Å². The predicted octanol–water partition coefficient (Wildman–Crippen LogP) is 27.8. The molecule has 12 rings (SSSR count). The van der Waals surface area contributed by atoms with Crippen LogP contribution in [-0.4, -0.2) is 33.0 Å². The highest BCUT2D eigenvalue weighted by molar-refractivity contribution is 6.32. The van der Waals surface area contributed by atoms with Gasteiger partial charge in [-0.25, -0.2) is 0 Å². The second-order valence-corrected chi connectivity index (χ2v) is 40.7. The zero-order valence-corrected chi connectivity index (χ0v) is 83.4. The van der Waals surface area contributed by atoms with Gasteiger partial charge in [-0.15, -0.1) is 0 Å². The monoisotopic (exact) mass is 1740 g/mol. The number of unbranched alkanes of at least 4 members (excludes halogenated alkanes) is 5. The fourth-order valence-electron chi connectivity index (χ4n) is 17.4. The van der Waals surface area contributed by atoms with Gasteiger partial charge < -0.3 is 33.0 Å². The summed E-state index contributed by atoms with van der Waals surface area (Å²) in [4.78, 5) is 63.2. The highest BCUT2D eigenvalue weighted by Crippen LogP contribution is 2.40. The Morgan fingerprint density at radius 2 is 0.614 bits per heavy atom. The van der Waals surface area contributed by atoms with Gasteiger partial charge in [0.1, 0.15) is 0 Å². The molecule has 0 aliphatic rings. The van der Waals surface area contributed by atoms with E-state index in [0.29, 0.717) is 0 Å². The largest absolute Gasteiger partial charge is 0.392 e. The first kappa shape index (κ1) is 102. The molecule has 5 heterocycles. The summed E-state index contributed by atoms with van der Waals surface area (Å²) < 4.78 is 9.27. The van der Waals surface area contributed by atoms with E-state index in [-0.39, 0.29) is 68.1 Å². The first-order chi connectivity index (χ1) is 59.6. The number of pyridine rings is 5. The van der Waals surface area contributed by atoms with Gasteiger partial charge in [0.2, 0.25) is 0 Å². The zero-order chi connectivity index (χ0) is 94.3. The maximum atomic E-state index is 12.8. The molecule has 0 spiro atoms. The molecule has 12 aromatic rings. The van der Waals surface area contributed by atoms with Gasteiger partial charge >= 0.3 is 0 Å². The van der Waals surface area contributed by atoms with E-state index in [1.165, 1.54) is 50.1 Å². The van der Waals surface area contributed by atoms with Crippen LogP contribution in [0.1, 0.15) is 292 Å². The molecule has 0 fully saturated rings. The molecule has 680 valence electrons. The molecule has 127 heavy (non-hydrogen) atoms. The van der Waals surface area contributed by atoms with Gasteiger partial charge in [0.05, 0.1) is 13.2 Å². The molecule has 7 aromatic carbocycles. The number of rotatable bonds is 22. The minimum Gasteiger partial charge on any atom is -0.392 e. The molecule has 2 N–H and O–H groups in total. The van der Waals surface area contributed by atoms with Crippen LogP contribution < -0.4 is 27.8 Å². The first-order valence-electron chi connectivity index (χ1n) is 46.5. The molecule has 0 atom stereocenters. The number of aromatic nitrogens is 5. The quantitative estimate of drug-likeness (QED) is 0.0686. The summed E-state index contributed by atoms with van der Waals surface area (Å²) in [6, 6.07) is 46.0. The third-order valence-corrected chi connectivity index (χ3v) is 25.4. The zero-order valence-electron chi connectivity index (χ0n) is 82.7. The Kier molecular flexibility index (Phi) is 35.4. The number of aryl methyl sites for hydroxylation is 8. The van der Waals surface area contributed by atoms with Gasteiger partial charge in [0.25, 0.3) is 27.8 Å². The lowest BCUT2D eigenvalue weighted by Gasteiger charge is -2.26. The summed E-state index contributed by atoms with van der Waals surface area (Å²) in [5.74, 6) is 0. The first-order valence-corrected chi connectivity index (χ1v) is 46.9. The van der Waals surface area contributed by atoms with Crippen molar-refractivity contribution in [3.63, 3.8) is 0 Å². The van der Waals surface area contributed by atoms with Crippen molar-refractivity contribution < 1.29 is 10.2 Å². The average molecular weight is 1740 g/mol. The van der Waals surface area contributed by atoms with Crippen molar-refractivity contribution in [1.82, 2.24) is 22.8 Å². The lowest BCUT2D eigenvalue weighted by molar-refractivity contribution is 0.278. The molecule has 0 bridgehead atoms. The van der Waals surface area contributed by atoms with Crippen LogP contribution in [0, 0.1) is 62.3 Å². The molecule has 0 unspecified atom stereocenters. The molecule has 0 saturated heterocycles. The Morgan fingerprint density at radius 1 is 0.283 bits per heavy atom. The Bertz CT molecular complexity index is 6160. The van der Waals surface area contributed by atoms with E-state index in [4.69, 9.17) is 11.6 Å². The number of hydrogen-bond acceptors (Lipinski definition) is 7. The fraction of sp³-hybridized carbons (Fsp3) is 0.447. The maximum absolute atomic E-state index is 12.8. The average Bonchev–Trinajstić information content (AvgIpc) is 0.772. The van der Waals surface area contributed by atoms with E-state index in [0.717, 1.165) is 218 Å². The topological polar surface area (TPSA) is 150 Å². The number of halogens is 1. The second-order valence-electron chi connectivity index (χ2n) is 40.3. The number of fused-ring (bicyclic) bond motifs is 2. The minimum atomic E-state index is -0.0223. The van der Waals surface area contributed by atoms with Crippen molar-refractivity contribution in [3.05, 3.63) is 310 Å². The van der Waals surface area contributed by atoms with Crippen LogP contribution in [0.25, 0.3) is 77.2 Å². The molecule has 5 aromatic heterocycles. The van der Waals surface area contributed by atoms with Crippen molar-refractivity contribution in [2.24, 2.45) is 0 Å². The third-order valence-electron chi connectivity index (χ3n) is 25.1. The van der Waals surface area contributed by atoms with Gasteiger partial charge in [-0.3, -0.25) is 24.0 Å². The van der Waals surface area contributed by atoms with E-state index in [9.17, 15) is 34.2 Å². The maximum Gasteiger partial charge on any atom is 0.258 e. The lowest BCUT2D eigenvalue weighted by Crippen LogP contribution is -2.23. The van der Waals surface area contributed by atoms with Crippen LogP contribution in [0.5, 0.6) is 0 Å². The Labute approximate surface area is 765 Å². The number of benzene rings is 7. The van der Waals surface area contributed by atoms with Crippen molar-refractivity contribution in [3.8, 4) is 55.6 Å². The molecule has 0 aliphatic heterocycles. The van der Waals surface area contributed by atoms with Gasteiger partial charge in [0.15, 0.2) is 0 Å². The lowest BCUT2D eigenvalue weighted by atomic mass is 9.79. The third kappa shape index (κ3) is 24.9. The van der Waals surface area contributed by atoms with Gasteiger partial charge in [0, 0.05) is 124 Å². The van der Waals surface area contributed by atoms with Crippen LogP contribution in [0.3, 0.4) is 0 Å². The highest BCUT2D eigenvalue weighted by atomic mass is 35.5. The smallest absolute Gasteiger partial charge is 0.258 e. The van der Waals surface area contributed by atoms with E-state index in [1.54, 1.807) is 0 Å². The highest BCUT2D eigenvalue weighted by Gasteiger charge is 2.27. The molecule has 0 saturated carbocycles. The standard InChI is InChI=1S/C23H26ClNO.2C23H33NO2.C23H27NO.C22H31NO/c1-5-6-13-25-15-19(17-9-7-8-10-18(17)22(25)26)16-11-12-20(21(24)14-16)23(2,3)4;1-8-9-10-24-13-20(16(3)17(4)22(24)26)19-11-15(2)21(23(5,6)7)12-18(19)14-25;1-8-9-10-24-13-20(16(3)17(4)22(24)26)18-11-15(2)21(23(5,6)7)19(12-18)14-25;1-5-6-15-24-16-21(19-9-7-8-10-20(19)22(24)25)17-11-13-18(14-12-17)23(2,3)4;1-8-9-12-23-14-19(16(3)17(4)21(23)24)18-10-11-20(15(2)13-18)22(5,6)7/h7-12,14-15H,5-6,13H2,1-4H3;2*11-13,25H,8-10,14H2,1-7H3;7-14,16H,5-6,15H2,1-4H3;10-11,13-14H,8-9,12H2,1-7H3. The molecule has 13 heteroatoms. The summed E-state index contributed by atoms with van der Waals surface area (Å²) in [6.45, 7) is 65.7. The Hall–Kier alpha value is -9.98. The van der Waals surface area contributed by atoms with Crippen molar-refractivity contribution in [2.45, 2.75) is 338 Å². The Balaban J connectivity index is 0.000000196. The van der Waals surface area contributed by atoms with Crippen LogP contribution in [0.4, 0.5) is 0 Å². The summed E-state index contributed by atoms with van der Waals surface area (Å²) in [7, 11) is 0. The molecule has 0 radical (unpaired) electrons. The number of aliphatic hydroxyl groups is 2. The minimum absolute atomic E-state index is 0.00239. The summed E-state index contributed by atoms with van der Waals surface area (Å²) in [5.41, 5.74) is 29.3. The van der Waals surface area contributed by atoms with E-state index < -0.39 is 0 Å². The fourth-order valence-corrected chi connectivity index (χ4v) is 17.9. The summed E-state index contributed by atoms with van der Waals surface area (Å²) in [6.07, 6.45) is 20.4. The van der Waals surface area contributed by atoms with Crippen molar-refractivity contribution in [1.29, 1.82) is 0 Å². The van der Waals surface area contributed by atoms with Crippen LogP contribution in [-0.2, 0) is 73.0 Å². The molecular formula is C114H150ClN5O7. The van der Waals surface area contributed by atoms with Gasteiger partial charge in [-0.1, -0.05) is 291 Å². The van der Waals surface area contributed by atoms with Crippen LogP contribution >= 0.6 is 11.6 Å². The Morgan fingerprint density at radius 3 is 0.984 bits per heavy atom. The molecule has 0 aliphatic carbocycles. The van der Waals surface area contributed by atoms with E-state index >= 15 is 0 Å². The summed E-state index contributed by atoms with van der Waals surface area (Å²) in [5, 5.41) is 24.3. The number of aliphatic hydroxyl groups excluding tert-OH is 2. The second kappa shape index (κ2) is 43.9. The van der Waals surface area contributed by atoms with Crippen LogP contribution in [0.2, 0.25) is 5.02 Å². The van der Waals surface area contributed by atoms with Crippen LogP contribution in [0.15, 0.2) is 188 Å². The summed E-state index contributed by atoms with van der Waals surface area (Å²) >= 11 is 6.60. The number of hydrogen-bond donors (Lipinski definition) is 2. The van der Waals surface area contributed by atoms with Gasteiger partial charge in [-0.05, 0) is 257 Å².